The molecule has 1 unspecified atom stereocenters. The van der Waals surface area contributed by atoms with Gasteiger partial charge in [0.2, 0.25) is 0 Å². The van der Waals surface area contributed by atoms with E-state index in [1.807, 2.05) is 0 Å². The fourth-order valence-corrected chi connectivity index (χ4v) is 2.24. The van der Waals surface area contributed by atoms with E-state index < -0.39 is 6.61 Å². The molecule has 0 radical (unpaired) electrons. The van der Waals surface area contributed by atoms with Crippen molar-refractivity contribution in [1.29, 1.82) is 0 Å². The SMILES string of the molecule is CC(=O)c1ccc(OCC(=O)NC(C)c2ccc(OC(F)F)cc2)cc1. The lowest BCUT2D eigenvalue weighted by atomic mass is 10.1. The number of hydrogen-bond acceptors (Lipinski definition) is 4. The van der Waals surface area contributed by atoms with Gasteiger partial charge in [0.1, 0.15) is 11.5 Å². The fourth-order valence-electron chi connectivity index (χ4n) is 2.24. The van der Waals surface area contributed by atoms with Crippen molar-refractivity contribution in [2.75, 3.05) is 6.61 Å². The molecule has 1 atom stereocenters. The molecular formula is C19H19F2NO4. The van der Waals surface area contributed by atoms with Crippen LogP contribution in [0, 0.1) is 0 Å². The number of nitrogens with one attached hydrogen (secondary N) is 1. The molecule has 2 aromatic rings. The Labute approximate surface area is 149 Å². The smallest absolute Gasteiger partial charge is 0.387 e. The molecule has 1 N–H and O–H groups in total. The Balaban J connectivity index is 1.83. The molecule has 1 amide bonds. The number of hydrogen-bond donors (Lipinski definition) is 1. The summed E-state index contributed by atoms with van der Waals surface area (Å²) in [6.45, 7) is 0.176. The fraction of sp³-hybridized carbons (Fsp3) is 0.263. The number of carbonyl (C=O) groups is 2. The van der Waals surface area contributed by atoms with Crippen LogP contribution >= 0.6 is 0 Å². The predicted molar refractivity (Wildman–Crippen MR) is 91.6 cm³/mol. The summed E-state index contributed by atoms with van der Waals surface area (Å²) >= 11 is 0. The van der Waals surface area contributed by atoms with Gasteiger partial charge in [-0.1, -0.05) is 12.1 Å². The molecule has 138 valence electrons. The first-order chi connectivity index (χ1) is 12.3. The van der Waals surface area contributed by atoms with E-state index in [9.17, 15) is 18.4 Å². The maximum absolute atomic E-state index is 12.1. The average molecular weight is 363 g/mol. The Bertz CT molecular complexity index is 745. The standard InChI is InChI=1S/C19H19F2NO4/c1-12(14-3-9-17(10-4-14)26-19(20)21)22-18(24)11-25-16-7-5-15(6-8-16)13(2)23/h3-10,12,19H,11H2,1-2H3,(H,22,24). The second-order valence-corrected chi connectivity index (χ2v) is 5.61. The van der Waals surface area contributed by atoms with Crippen LogP contribution in [-0.2, 0) is 4.79 Å². The van der Waals surface area contributed by atoms with E-state index in [-0.39, 0.29) is 30.1 Å². The van der Waals surface area contributed by atoms with E-state index in [1.54, 1.807) is 43.3 Å². The molecule has 0 fully saturated rings. The van der Waals surface area contributed by atoms with E-state index in [4.69, 9.17) is 4.74 Å². The highest BCUT2D eigenvalue weighted by atomic mass is 19.3. The third kappa shape index (κ3) is 5.84. The molecular weight excluding hydrogens is 344 g/mol. The van der Waals surface area contributed by atoms with Gasteiger partial charge >= 0.3 is 6.61 Å². The van der Waals surface area contributed by atoms with Crippen molar-refractivity contribution >= 4 is 11.7 Å². The van der Waals surface area contributed by atoms with Gasteiger partial charge in [-0.3, -0.25) is 9.59 Å². The lowest BCUT2D eigenvalue weighted by Crippen LogP contribution is -2.31. The molecule has 2 aromatic carbocycles. The molecule has 0 aliphatic rings. The van der Waals surface area contributed by atoms with E-state index in [0.29, 0.717) is 11.3 Å². The van der Waals surface area contributed by atoms with Crippen molar-refractivity contribution in [1.82, 2.24) is 5.32 Å². The maximum atomic E-state index is 12.1. The molecule has 0 aromatic heterocycles. The topological polar surface area (TPSA) is 64.6 Å². The van der Waals surface area contributed by atoms with Crippen LogP contribution in [0.1, 0.15) is 35.8 Å². The van der Waals surface area contributed by atoms with Crippen molar-refractivity contribution < 1.29 is 27.8 Å². The molecule has 0 aliphatic heterocycles. The van der Waals surface area contributed by atoms with Gasteiger partial charge in [-0.2, -0.15) is 8.78 Å². The van der Waals surface area contributed by atoms with E-state index >= 15 is 0 Å². The number of ketones is 1. The highest BCUT2D eigenvalue weighted by molar-refractivity contribution is 5.94. The maximum Gasteiger partial charge on any atom is 0.387 e. The molecule has 5 nitrogen and oxygen atoms in total. The second-order valence-electron chi connectivity index (χ2n) is 5.61. The third-order valence-corrected chi connectivity index (χ3v) is 3.61. The molecule has 26 heavy (non-hydrogen) atoms. The minimum atomic E-state index is -2.88. The number of ether oxygens (including phenoxy) is 2. The number of alkyl halides is 2. The quantitative estimate of drug-likeness (QED) is 0.726. The van der Waals surface area contributed by atoms with Crippen molar-refractivity contribution in [2.45, 2.75) is 26.5 Å². The van der Waals surface area contributed by atoms with Gasteiger partial charge in [0, 0.05) is 5.56 Å². The zero-order valence-electron chi connectivity index (χ0n) is 14.4. The first-order valence-electron chi connectivity index (χ1n) is 7.93. The molecule has 0 saturated heterocycles. The first kappa shape index (κ1) is 19.4. The number of Topliss-reactive ketones (excluding diaryl/α,β-unsaturated/α-hetero) is 1. The van der Waals surface area contributed by atoms with Crippen molar-refractivity contribution in [3.05, 3.63) is 59.7 Å². The molecule has 0 aliphatic carbocycles. The van der Waals surface area contributed by atoms with Crippen LogP contribution in [0.25, 0.3) is 0 Å². The zero-order valence-corrected chi connectivity index (χ0v) is 14.4. The molecule has 0 bridgehead atoms. The van der Waals surface area contributed by atoms with Crippen LogP contribution < -0.4 is 14.8 Å². The highest BCUT2D eigenvalue weighted by Gasteiger charge is 2.11. The summed E-state index contributed by atoms with van der Waals surface area (Å²) in [5.74, 6) is 0.153. The molecule has 7 heteroatoms. The second kappa shape index (κ2) is 8.94. The van der Waals surface area contributed by atoms with Gasteiger partial charge in [-0.25, -0.2) is 0 Å². The third-order valence-electron chi connectivity index (χ3n) is 3.61. The summed E-state index contributed by atoms with van der Waals surface area (Å²) in [5, 5.41) is 2.75. The van der Waals surface area contributed by atoms with Crippen LogP contribution in [0.4, 0.5) is 8.78 Å². The van der Waals surface area contributed by atoms with Gasteiger partial charge in [0.05, 0.1) is 6.04 Å². The van der Waals surface area contributed by atoms with E-state index in [1.165, 1.54) is 19.1 Å². The van der Waals surface area contributed by atoms with Crippen LogP contribution in [0.15, 0.2) is 48.5 Å². The van der Waals surface area contributed by atoms with Crippen molar-refractivity contribution in [2.24, 2.45) is 0 Å². The number of halogens is 2. The van der Waals surface area contributed by atoms with Gasteiger partial charge in [0.25, 0.3) is 5.91 Å². The Morgan fingerprint density at radius 3 is 2.12 bits per heavy atom. The van der Waals surface area contributed by atoms with Gasteiger partial charge in [-0.05, 0) is 55.8 Å². The highest BCUT2D eigenvalue weighted by Crippen LogP contribution is 2.19. The minimum absolute atomic E-state index is 0.0481. The normalized spacial score (nSPS) is 11.7. The van der Waals surface area contributed by atoms with Crippen LogP contribution in [0.5, 0.6) is 11.5 Å². The summed E-state index contributed by atoms with van der Waals surface area (Å²) < 4.78 is 33.9. The average Bonchev–Trinajstić information content (AvgIpc) is 2.60. The molecule has 2 rings (SSSR count). The number of amides is 1. The number of carbonyl (C=O) groups excluding carboxylic acids is 2. The van der Waals surface area contributed by atoms with Crippen LogP contribution in [-0.4, -0.2) is 24.9 Å². The summed E-state index contributed by atoms with van der Waals surface area (Å²) in [6, 6.07) is 12.2. The first-order valence-corrected chi connectivity index (χ1v) is 7.93. The summed E-state index contributed by atoms with van der Waals surface area (Å²) in [4.78, 5) is 23.2. The van der Waals surface area contributed by atoms with Crippen molar-refractivity contribution in [3.8, 4) is 11.5 Å². The lowest BCUT2D eigenvalue weighted by Gasteiger charge is -2.15. The Morgan fingerprint density at radius 1 is 1.00 bits per heavy atom. The lowest BCUT2D eigenvalue weighted by molar-refractivity contribution is -0.123. The van der Waals surface area contributed by atoms with Crippen LogP contribution in [0.3, 0.4) is 0 Å². The summed E-state index contributed by atoms with van der Waals surface area (Å²) in [6.07, 6.45) is 0. The number of benzene rings is 2. The number of rotatable bonds is 8. The van der Waals surface area contributed by atoms with Gasteiger partial charge < -0.3 is 14.8 Å². The van der Waals surface area contributed by atoms with E-state index in [2.05, 4.69) is 10.1 Å². The van der Waals surface area contributed by atoms with E-state index in [0.717, 1.165) is 5.56 Å². The summed E-state index contributed by atoms with van der Waals surface area (Å²) in [7, 11) is 0. The monoisotopic (exact) mass is 363 g/mol. The molecule has 0 heterocycles. The summed E-state index contributed by atoms with van der Waals surface area (Å²) in [5.41, 5.74) is 1.31. The molecule has 0 saturated carbocycles. The van der Waals surface area contributed by atoms with Crippen LogP contribution in [0.2, 0.25) is 0 Å². The largest absolute Gasteiger partial charge is 0.484 e. The Hall–Kier alpha value is -2.96. The van der Waals surface area contributed by atoms with Gasteiger partial charge in [-0.15, -0.1) is 0 Å². The van der Waals surface area contributed by atoms with Gasteiger partial charge in [0.15, 0.2) is 12.4 Å². The Morgan fingerprint density at radius 2 is 1.58 bits per heavy atom. The van der Waals surface area contributed by atoms with Crippen molar-refractivity contribution in [3.63, 3.8) is 0 Å². The molecule has 0 spiro atoms. The Kier molecular flexibility index (Phi) is 6.66. The minimum Gasteiger partial charge on any atom is -0.484 e. The predicted octanol–water partition coefficient (Wildman–Crippen LogP) is 3.75. The zero-order chi connectivity index (χ0) is 19.1.